The fraction of sp³-hybridized carbons (Fsp3) is 0.100. The van der Waals surface area contributed by atoms with Crippen LogP contribution in [0, 0.1) is 0 Å². The van der Waals surface area contributed by atoms with Gasteiger partial charge in [0, 0.05) is 0 Å². The van der Waals surface area contributed by atoms with Crippen molar-refractivity contribution in [2.75, 3.05) is 0 Å². The summed E-state index contributed by atoms with van der Waals surface area (Å²) < 4.78 is 5.24. The molecule has 5 nitrogen and oxygen atoms in total. The molecule has 0 saturated carbocycles. The lowest BCUT2D eigenvalue weighted by Gasteiger charge is -2.27. The molecule has 0 radical (unpaired) electrons. The fourth-order valence-corrected chi connectivity index (χ4v) is 1.28. The summed E-state index contributed by atoms with van der Waals surface area (Å²) in [5.41, 5.74) is 0.422. The van der Waals surface area contributed by atoms with E-state index in [9.17, 15) is 4.79 Å². The molecule has 15 heavy (non-hydrogen) atoms. The molecular formula is C10H9NO4. The molecule has 0 fully saturated rings. The smallest absolute Gasteiger partial charge is 0.445 e. The topological polar surface area (TPSA) is 59.0 Å². The molecule has 1 N–H and O–H groups in total. The standard InChI is InChI=1S/C10H9NO4/c12-10(13)11-8(4-3-7-15-11)9-5-1-2-6-14-9/h1-7,9H,(H,12,13). The lowest BCUT2D eigenvalue weighted by molar-refractivity contribution is -0.0635. The van der Waals surface area contributed by atoms with Crippen molar-refractivity contribution in [1.82, 2.24) is 5.06 Å². The number of hydroxylamine groups is 2. The maximum absolute atomic E-state index is 10.8. The van der Waals surface area contributed by atoms with Crippen molar-refractivity contribution in [2.24, 2.45) is 0 Å². The molecule has 2 heterocycles. The van der Waals surface area contributed by atoms with Crippen LogP contribution in [0.5, 0.6) is 0 Å². The Labute approximate surface area is 86.2 Å². The lowest BCUT2D eigenvalue weighted by Crippen LogP contribution is -2.34. The van der Waals surface area contributed by atoms with E-state index in [2.05, 4.69) is 0 Å². The van der Waals surface area contributed by atoms with Crippen LogP contribution in [0.2, 0.25) is 0 Å². The monoisotopic (exact) mass is 207 g/mol. The second-order valence-electron chi connectivity index (χ2n) is 2.87. The average molecular weight is 207 g/mol. The third kappa shape index (κ3) is 1.85. The van der Waals surface area contributed by atoms with Crippen molar-refractivity contribution in [3.8, 4) is 0 Å². The van der Waals surface area contributed by atoms with Gasteiger partial charge in [0.2, 0.25) is 0 Å². The first-order valence-electron chi connectivity index (χ1n) is 4.34. The van der Waals surface area contributed by atoms with E-state index >= 15 is 0 Å². The molecular weight excluding hydrogens is 198 g/mol. The summed E-state index contributed by atoms with van der Waals surface area (Å²) in [4.78, 5) is 15.7. The zero-order chi connectivity index (χ0) is 10.7. The molecule has 0 aliphatic carbocycles. The molecule has 2 rings (SSSR count). The van der Waals surface area contributed by atoms with Gasteiger partial charge in [-0.3, -0.25) is 0 Å². The molecule has 0 saturated heterocycles. The van der Waals surface area contributed by atoms with Gasteiger partial charge in [0.05, 0.1) is 6.26 Å². The predicted molar refractivity (Wildman–Crippen MR) is 51.3 cm³/mol. The Kier molecular flexibility index (Phi) is 2.45. The SMILES string of the molecule is O=C(O)N1OC=CC=C1C1C=CC=CO1. The molecule has 1 unspecified atom stereocenters. The van der Waals surface area contributed by atoms with Crippen LogP contribution in [0.4, 0.5) is 4.79 Å². The molecule has 5 heteroatoms. The van der Waals surface area contributed by atoms with Crippen LogP contribution in [0.25, 0.3) is 0 Å². The summed E-state index contributed by atoms with van der Waals surface area (Å²) in [7, 11) is 0. The minimum atomic E-state index is -1.18. The molecule has 2 aliphatic rings. The highest BCUT2D eigenvalue weighted by atomic mass is 16.7. The lowest BCUT2D eigenvalue weighted by atomic mass is 10.2. The minimum absolute atomic E-state index is 0.422. The van der Waals surface area contributed by atoms with Gasteiger partial charge in [0.25, 0.3) is 0 Å². The van der Waals surface area contributed by atoms with E-state index in [1.165, 1.54) is 12.5 Å². The van der Waals surface area contributed by atoms with Crippen molar-refractivity contribution in [3.05, 3.63) is 48.6 Å². The summed E-state index contributed by atoms with van der Waals surface area (Å²) in [6.07, 6.45) is 9.67. The zero-order valence-electron chi connectivity index (χ0n) is 7.74. The quantitative estimate of drug-likeness (QED) is 0.711. The molecule has 1 amide bonds. The summed E-state index contributed by atoms with van der Waals surface area (Å²) in [5, 5.41) is 9.64. The first-order chi connectivity index (χ1) is 7.29. The highest BCUT2D eigenvalue weighted by Gasteiger charge is 2.27. The Morgan fingerprint density at radius 1 is 1.33 bits per heavy atom. The second kappa shape index (κ2) is 3.91. The Balaban J connectivity index is 2.21. The molecule has 2 aliphatic heterocycles. The predicted octanol–water partition coefficient (Wildman–Crippen LogP) is 1.78. The first kappa shape index (κ1) is 9.39. The Hall–Kier alpha value is -2.17. The van der Waals surface area contributed by atoms with E-state index in [-0.39, 0.29) is 0 Å². The van der Waals surface area contributed by atoms with Gasteiger partial charge in [-0.1, -0.05) is 6.08 Å². The van der Waals surface area contributed by atoms with Gasteiger partial charge < -0.3 is 14.7 Å². The van der Waals surface area contributed by atoms with Gasteiger partial charge in [-0.25, -0.2) is 4.79 Å². The Bertz CT molecular complexity index is 381. The second-order valence-corrected chi connectivity index (χ2v) is 2.87. The molecule has 0 spiro atoms. The van der Waals surface area contributed by atoms with E-state index in [4.69, 9.17) is 14.7 Å². The van der Waals surface area contributed by atoms with Gasteiger partial charge in [-0.05, 0) is 24.3 Å². The maximum Gasteiger partial charge on any atom is 0.445 e. The number of hydrogen-bond donors (Lipinski definition) is 1. The van der Waals surface area contributed by atoms with Crippen LogP contribution in [0.15, 0.2) is 48.6 Å². The van der Waals surface area contributed by atoms with Gasteiger partial charge in [-0.15, -0.1) is 5.06 Å². The van der Waals surface area contributed by atoms with Gasteiger partial charge in [-0.2, -0.15) is 0 Å². The first-order valence-corrected chi connectivity index (χ1v) is 4.34. The third-order valence-corrected chi connectivity index (χ3v) is 1.91. The normalized spacial score (nSPS) is 23.1. The van der Waals surface area contributed by atoms with Gasteiger partial charge in [0.15, 0.2) is 6.10 Å². The largest absolute Gasteiger partial charge is 0.488 e. The van der Waals surface area contributed by atoms with E-state index in [0.717, 1.165) is 5.06 Å². The van der Waals surface area contributed by atoms with Crippen LogP contribution < -0.4 is 0 Å². The van der Waals surface area contributed by atoms with Crippen LogP contribution in [0.3, 0.4) is 0 Å². The molecule has 0 aromatic heterocycles. The van der Waals surface area contributed by atoms with Crippen molar-refractivity contribution in [2.45, 2.75) is 6.10 Å². The van der Waals surface area contributed by atoms with Gasteiger partial charge in [0.1, 0.15) is 12.0 Å². The third-order valence-electron chi connectivity index (χ3n) is 1.91. The average Bonchev–Trinajstić information content (AvgIpc) is 2.30. The number of amides is 1. The number of nitrogens with zero attached hydrogens (tertiary/aromatic N) is 1. The van der Waals surface area contributed by atoms with Crippen LogP contribution in [-0.2, 0) is 9.57 Å². The zero-order valence-corrected chi connectivity index (χ0v) is 7.74. The molecule has 78 valence electrons. The minimum Gasteiger partial charge on any atom is -0.488 e. The fourth-order valence-electron chi connectivity index (χ4n) is 1.28. The number of allylic oxidation sites excluding steroid dienone is 4. The summed E-state index contributed by atoms with van der Waals surface area (Å²) >= 11 is 0. The van der Waals surface area contributed by atoms with Crippen molar-refractivity contribution >= 4 is 6.09 Å². The highest BCUT2D eigenvalue weighted by Crippen LogP contribution is 2.20. The Morgan fingerprint density at radius 3 is 2.87 bits per heavy atom. The van der Waals surface area contributed by atoms with Crippen LogP contribution in [0.1, 0.15) is 0 Å². The van der Waals surface area contributed by atoms with E-state index < -0.39 is 12.2 Å². The van der Waals surface area contributed by atoms with Crippen molar-refractivity contribution < 1.29 is 19.5 Å². The molecule has 0 aromatic rings. The van der Waals surface area contributed by atoms with E-state index in [1.807, 2.05) is 0 Å². The van der Waals surface area contributed by atoms with Crippen molar-refractivity contribution in [3.63, 3.8) is 0 Å². The van der Waals surface area contributed by atoms with E-state index in [1.54, 1.807) is 30.4 Å². The number of ether oxygens (including phenoxy) is 1. The van der Waals surface area contributed by atoms with Crippen LogP contribution >= 0.6 is 0 Å². The van der Waals surface area contributed by atoms with Crippen molar-refractivity contribution in [1.29, 1.82) is 0 Å². The number of carbonyl (C=O) groups is 1. The van der Waals surface area contributed by atoms with Crippen LogP contribution in [-0.4, -0.2) is 22.4 Å². The number of hydrogen-bond acceptors (Lipinski definition) is 3. The van der Waals surface area contributed by atoms with E-state index in [0.29, 0.717) is 5.70 Å². The number of rotatable bonds is 1. The molecule has 1 atom stereocenters. The summed E-state index contributed by atoms with van der Waals surface area (Å²) in [6, 6.07) is 0. The summed E-state index contributed by atoms with van der Waals surface area (Å²) in [5.74, 6) is 0. The van der Waals surface area contributed by atoms with Gasteiger partial charge >= 0.3 is 6.09 Å². The maximum atomic E-state index is 10.8. The summed E-state index contributed by atoms with van der Waals surface area (Å²) in [6.45, 7) is 0. The Morgan fingerprint density at radius 2 is 2.20 bits per heavy atom. The number of carboxylic acid groups (broad SMARTS) is 1. The molecule has 0 bridgehead atoms. The highest BCUT2D eigenvalue weighted by molar-refractivity contribution is 5.67. The molecule has 0 aromatic carbocycles.